The maximum atomic E-state index is 11.7. The summed E-state index contributed by atoms with van der Waals surface area (Å²) in [6, 6.07) is 18.7. The molecule has 0 fully saturated rings. The molecule has 5 heteroatoms. The van der Waals surface area contributed by atoms with Crippen LogP contribution in [0.3, 0.4) is 0 Å². The first kappa shape index (κ1) is 18.5. The number of carbonyl (C=O) groups excluding carboxylic acids is 1. The number of amides is 1. The van der Waals surface area contributed by atoms with Gasteiger partial charge in [0.15, 0.2) is 6.61 Å². The molecule has 1 unspecified atom stereocenters. The highest BCUT2D eigenvalue weighted by Gasteiger charge is 2.05. The molecular formula is C20H22N2O3. The molecular weight excluding hydrogens is 316 g/mol. The fraction of sp³-hybridized carbons (Fsp3) is 0.300. The van der Waals surface area contributed by atoms with Crippen LogP contribution in [0.15, 0.2) is 54.6 Å². The monoisotopic (exact) mass is 338 g/mol. The first-order valence-electron chi connectivity index (χ1n) is 8.25. The summed E-state index contributed by atoms with van der Waals surface area (Å²) in [6.45, 7) is 3.08. The molecule has 0 aliphatic rings. The van der Waals surface area contributed by atoms with E-state index >= 15 is 0 Å². The zero-order chi connectivity index (χ0) is 17.9. The van der Waals surface area contributed by atoms with Crippen molar-refractivity contribution in [1.82, 2.24) is 5.32 Å². The van der Waals surface area contributed by atoms with Crippen LogP contribution >= 0.6 is 0 Å². The average Bonchev–Trinajstić information content (AvgIpc) is 2.67. The number of rotatable bonds is 9. The molecule has 0 aliphatic heterocycles. The summed E-state index contributed by atoms with van der Waals surface area (Å²) in [4.78, 5) is 11.7. The predicted octanol–water partition coefficient (Wildman–Crippen LogP) is 3.22. The lowest BCUT2D eigenvalue weighted by Crippen LogP contribution is -2.30. The molecule has 0 aliphatic carbocycles. The Balaban J connectivity index is 1.57. The highest BCUT2D eigenvalue weighted by Crippen LogP contribution is 2.15. The van der Waals surface area contributed by atoms with Crippen LogP contribution < -0.4 is 10.1 Å². The molecule has 0 spiro atoms. The van der Waals surface area contributed by atoms with Gasteiger partial charge in [0, 0.05) is 13.2 Å². The van der Waals surface area contributed by atoms with E-state index in [9.17, 15) is 4.79 Å². The Morgan fingerprint density at radius 3 is 2.56 bits per heavy atom. The van der Waals surface area contributed by atoms with Crippen LogP contribution in [0, 0.1) is 11.3 Å². The van der Waals surface area contributed by atoms with Crippen LogP contribution in [-0.4, -0.2) is 25.7 Å². The Hall–Kier alpha value is -2.84. The summed E-state index contributed by atoms with van der Waals surface area (Å²) in [5.74, 6) is 0.384. The number of nitrogens with one attached hydrogen (secondary N) is 1. The lowest BCUT2D eigenvalue weighted by molar-refractivity contribution is -0.123. The van der Waals surface area contributed by atoms with Gasteiger partial charge in [0.05, 0.1) is 17.7 Å². The third-order valence-electron chi connectivity index (χ3n) is 3.63. The van der Waals surface area contributed by atoms with Crippen LogP contribution in [0.4, 0.5) is 0 Å². The SMILES string of the molecule is CC(OCCCNC(=O)COc1ccc(C#N)cc1)c1ccccc1. The molecule has 0 saturated heterocycles. The van der Waals surface area contributed by atoms with Crippen molar-refractivity contribution >= 4 is 5.91 Å². The topological polar surface area (TPSA) is 71.3 Å². The molecule has 0 saturated carbocycles. The van der Waals surface area contributed by atoms with Gasteiger partial charge in [-0.25, -0.2) is 0 Å². The standard InChI is InChI=1S/C20H22N2O3/c1-16(18-6-3-2-4-7-18)24-13-5-12-22-20(23)15-25-19-10-8-17(14-21)9-11-19/h2-4,6-11,16H,5,12-13,15H2,1H3,(H,22,23). The molecule has 0 radical (unpaired) electrons. The highest BCUT2D eigenvalue weighted by atomic mass is 16.5. The summed E-state index contributed by atoms with van der Waals surface area (Å²) in [5, 5.41) is 11.5. The van der Waals surface area contributed by atoms with Gasteiger partial charge in [-0.3, -0.25) is 4.79 Å². The van der Waals surface area contributed by atoms with E-state index in [-0.39, 0.29) is 18.6 Å². The Morgan fingerprint density at radius 1 is 1.16 bits per heavy atom. The van der Waals surface area contributed by atoms with Gasteiger partial charge in [-0.2, -0.15) is 5.26 Å². The van der Waals surface area contributed by atoms with Crippen molar-refractivity contribution in [3.05, 3.63) is 65.7 Å². The summed E-state index contributed by atoms with van der Waals surface area (Å²) in [7, 11) is 0. The van der Waals surface area contributed by atoms with Crippen molar-refractivity contribution in [3.8, 4) is 11.8 Å². The van der Waals surface area contributed by atoms with Crippen LogP contribution in [0.25, 0.3) is 0 Å². The van der Waals surface area contributed by atoms with E-state index in [1.807, 2.05) is 43.3 Å². The van der Waals surface area contributed by atoms with E-state index < -0.39 is 0 Å². The summed E-state index contributed by atoms with van der Waals surface area (Å²) in [5.41, 5.74) is 1.70. The van der Waals surface area contributed by atoms with E-state index in [4.69, 9.17) is 14.7 Å². The van der Waals surface area contributed by atoms with E-state index in [1.54, 1.807) is 24.3 Å². The van der Waals surface area contributed by atoms with E-state index in [0.717, 1.165) is 12.0 Å². The minimum atomic E-state index is -0.180. The fourth-order valence-electron chi connectivity index (χ4n) is 2.21. The number of hydrogen-bond donors (Lipinski definition) is 1. The highest BCUT2D eigenvalue weighted by molar-refractivity contribution is 5.77. The number of nitrogens with zero attached hydrogens (tertiary/aromatic N) is 1. The van der Waals surface area contributed by atoms with Gasteiger partial charge >= 0.3 is 0 Å². The maximum Gasteiger partial charge on any atom is 0.257 e. The fourth-order valence-corrected chi connectivity index (χ4v) is 2.21. The summed E-state index contributed by atoms with van der Waals surface area (Å²) in [6.07, 6.45) is 0.774. The molecule has 130 valence electrons. The lowest BCUT2D eigenvalue weighted by Gasteiger charge is -2.13. The third-order valence-corrected chi connectivity index (χ3v) is 3.63. The van der Waals surface area contributed by atoms with Gasteiger partial charge in [-0.15, -0.1) is 0 Å². The second-order valence-corrected chi connectivity index (χ2v) is 5.55. The molecule has 2 aromatic rings. The molecule has 1 N–H and O–H groups in total. The van der Waals surface area contributed by atoms with Gasteiger partial charge in [-0.05, 0) is 43.2 Å². The number of hydrogen-bond acceptors (Lipinski definition) is 4. The average molecular weight is 338 g/mol. The molecule has 5 nitrogen and oxygen atoms in total. The Kier molecular flexibility index (Phi) is 7.48. The van der Waals surface area contributed by atoms with Crippen molar-refractivity contribution in [1.29, 1.82) is 5.26 Å². The molecule has 1 amide bonds. The minimum absolute atomic E-state index is 0.0385. The van der Waals surface area contributed by atoms with Gasteiger partial charge in [0.1, 0.15) is 5.75 Å². The number of carbonyl (C=O) groups is 1. The second-order valence-electron chi connectivity index (χ2n) is 5.55. The number of ether oxygens (including phenoxy) is 2. The first-order valence-corrected chi connectivity index (χ1v) is 8.25. The van der Waals surface area contributed by atoms with Crippen LogP contribution in [0.5, 0.6) is 5.75 Å². The van der Waals surface area contributed by atoms with Gasteiger partial charge in [0.25, 0.3) is 5.91 Å². The minimum Gasteiger partial charge on any atom is -0.484 e. The van der Waals surface area contributed by atoms with Crippen LogP contribution in [0.1, 0.15) is 30.6 Å². The molecule has 2 rings (SSSR count). The zero-order valence-corrected chi connectivity index (χ0v) is 14.3. The van der Waals surface area contributed by atoms with E-state index in [2.05, 4.69) is 5.32 Å². The van der Waals surface area contributed by atoms with Crippen molar-refractivity contribution in [2.75, 3.05) is 19.8 Å². The first-order chi connectivity index (χ1) is 12.2. The van der Waals surface area contributed by atoms with Crippen molar-refractivity contribution in [3.63, 3.8) is 0 Å². The maximum absolute atomic E-state index is 11.7. The van der Waals surface area contributed by atoms with Crippen LogP contribution in [-0.2, 0) is 9.53 Å². The van der Waals surface area contributed by atoms with Crippen LogP contribution in [0.2, 0.25) is 0 Å². The largest absolute Gasteiger partial charge is 0.484 e. The zero-order valence-electron chi connectivity index (χ0n) is 14.3. The van der Waals surface area contributed by atoms with Gasteiger partial charge < -0.3 is 14.8 Å². The van der Waals surface area contributed by atoms with Crippen molar-refractivity contribution < 1.29 is 14.3 Å². The second kappa shape index (κ2) is 10.1. The molecule has 25 heavy (non-hydrogen) atoms. The van der Waals surface area contributed by atoms with Crippen molar-refractivity contribution in [2.45, 2.75) is 19.4 Å². The Morgan fingerprint density at radius 2 is 1.88 bits per heavy atom. The smallest absolute Gasteiger partial charge is 0.257 e. The molecule has 2 aromatic carbocycles. The number of benzene rings is 2. The summed E-state index contributed by atoms with van der Waals surface area (Å²) < 4.78 is 11.1. The Bertz CT molecular complexity index is 693. The van der Waals surface area contributed by atoms with Gasteiger partial charge in [0.2, 0.25) is 0 Å². The normalized spacial score (nSPS) is 11.4. The number of nitriles is 1. The Labute approximate surface area is 148 Å². The predicted molar refractivity (Wildman–Crippen MR) is 95.1 cm³/mol. The summed E-state index contributed by atoms with van der Waals surface area (Å²) >= 11 is 0. The molecule has 0 bridgehead atoms. The quantitative estimate of drug-likeness (QED) is 0.713. The third kappa shape index (κ3) is 6.66. The molecule has 1 atom stereocenters. The molecule has 0 heterocycles. The van der Waals surface area contributed by atoms with Crippen molar-refractivity contribution in [2.24, 2.45) is 0 Å². The molecule has 0 aromatic heterocycles. The van der Waals surface area contributed by atoms with E-state index in [1.165, 1.54) is 0 Å². The van der Waals surface area contributed by atoms with E-state index in [0.29, 0.717) is 24.5 Å². The lowest BCUT2D eigenvalue weighted by atomic mass is 10.1. The van der Waals surface area contributed by atoms with Gasteiger partial charge in [-0.1, -0.05) is 30.3 Å².